The SMILES string of the molecule is OC1(c2ccc(Br)cc2)CCN([C@H]2CCSC2)CC1. The number of thioether (sulfide) groups is 1. The van der Waals surface area contributed by atoms with E-state index in [2.05, 4.69) is 32.6 Å². The fourth-order valence-corrected chi connectivity index (χ4v) is 4.64. The number of hydrogen-bond acceptors (Lipinski definition) is 3. The quantitative estimate of drug-likeness (QED) is 0.893. The van der Waals surface area contributed by atoms with E-state index in [0.717, 1.165) is 42.0 Å². The van der Waals surface area contributed by atoms with Crippen molar-refractivity contribution < 1.29 is 5.11 Å². The van der Waals surface area contributed by atoms with E-state index in [1.54, 1.807) is 0 Å². The van der Waals surface area contributed by atoms with Crippen LogP contribution in [0.15, 0.2) is 28.7 Å². The summed E-state index contributed by atoms with van der Waals surface area (Å²) in [4.78, 5) is 2.58. The molecule has 2 saturated heterocycles. The Labute approximate surface area is 127 Å². The molecule has 2 heterocycles. The standard InChI is InChI=1S/C15H20BrNOS/c16-13-3-1-12(2-4-13)15(18)6-8-17(9-7-15)14-5-10-19-11-14/h1-4,14,18H,5-11H2/t14-/m0/s1. The molecule has 0 saturated carbocycles. The lowest BCUT2D eigenvalue weighted by molar-refractivity contribution is -0.0333. The van der Waals surface area contributed by atoms with Gasteiger partial charge in [0.2, 0.25) is 0 Å². The molecule has 0 aliphatic carbocycles. The molecule has 19 heavy (non-hydrogen) atoms. The van der Waals surface area contributed by atoms with Gasteiger partial charge >= 0.3 is 0 Å². The van der Waals surface area contributed by atoms with Gasteiger partial charge in [-0.1, -0.05) is 28.1 Å². The lowest BCUT2D eigenvalue weighted by Gasteiger charge is -2.41. The highest BCUT2D eigenvalue weighted by Gasteiger charge is 2.36. The highest BCUT2D eigenvalue weighted by atomic mass is 79.9. The Bertz CT molecular complexity index is 422. The normalized spacial score (nSPS) is 27.6. The van der Waals surface area contributed by atoms with Crippen molar-refractivity contribution in [1.29, 1.82) is 0 Å². The van der Waals surface area contributed by atoms with Gasteiger partial charge in [0.15, 0.2) is 0 Å². The maximum absolute atomic E-state index is 10.8. The summed E-state index contributed by atoms with van der Waals surface area (Å²) in [6.07, 6.45) is 3.03. The molecule has 0 amide bonds. The van der Waals surface area contributed by atoms with Crippen LogP contribution in [0.3, 0.4) is 0 Å². The summed E-state index contributed by atoms with van der Waals surface area (Å²) in [5.41, 5.74) is 0.444. The Balaban J connectivity index is 1.66. The highest BCUT2D eigenvalue weighted by molar-refractivity contribution is 9.10. The first-order valence-electron chi connectivity index (χ1n) is 6.98. The summed E-state index contributed by atoms with van der Waals surface area (Å²) in [5.74, 6) is 2.58. The number of rotatable bonds is 2. The van der Waals surface area contributed by atoms with Crippen molar-refractivity contribution in [2.45, 2.75) is 30.9 Å². The molecule has 0 spiro atoms. The molecular formula is C15H20BrNOS. The maximum Gasteiger partial charge on any atom is 0.0920 e. The predicted octanol–water partition coefficient (Wildman–Crippen LogP) is 3.24. The van der Waals surface area contributed by atoms with Crippen LogP contribution in [0.4, 0.5) is 0 Å². The second-order valence-corrected chi connectivity index (χ2v) is 7.66. The second kappa shape index (κ2) is 5.76. The molecule has 1 N–H and O–H groups in total. The maximum atomic E-state index is 10.8. The third-order valence-corrected chi connectivity index (χ3v) is 6.10. The van der Waals surface area contributed by atoms with Crippen molar-refractivity contribution in [2.75, 3.05) is 24.6 Å². The molecule has 1 aromatic carbocycles. The first kappa shape index (κ1) is 13.9. The molecule has 1 atom stereocenters. The summed E-state index contributed by atoms with van der Waals surface area (Å²) in [7, 11) is 0. The summed E-state index contributed by atoms with van der Waals surface area (Å²) < 4.78 is 1.07. The van der Waals surface area contributed by atoms with Gasteiger partial charge in [0.05, 0.1) is 5.60 Å². The summed E-state index contributed by atoms with van der Waals surface area (Å²) >= 11 is 5.51. The fraction of sp³-hybridized carbons (Fsp3) is 0.600. The Morgan fingerprint density at radius 3 is 2.47 bits per heavy atom. The average Bonchev–Trinajstić information content (AvgIpc) is 2.94. The van der Waals surface area contributed by atoms with Gasteiger partial charge < -0.3 is 5.11 Å². The van der Waals surface area contributed by atoms with Gasteiger partial charge in [-0.25, -0.2) is 0 Å². The van der Waals surface area contributed by atoms with Gasteiger partial charge in [0.1, 0.15) is 0 Å². The molecule has 104 valence electrons. The third kappa shape index (κ3) is 3.02. The minimum Gasteiger partial charge on any atom is -0.385 e. The average molecular weight is 342 g/mol. The Morgan fingerprint density at radius 2 is 1.89 bits per heavy atom. The van der Waals surface area contributed by atoms with Crippen LogP contribution < -0.4 is 0 Å². The largest absolute Gasteiger partial charge is 0.385 e. The molecule has 0 radical (unpaired) electrons. The van der Waals surface area contributed by atoms with Crippen molar-refractivity contribution >= 4 is 27.7 Å². The molecule has 3 rings (SSSR count). The predicted molar refractivity (Wildman–Crippen MR) is 84.6 cm³/mol. The van der Waals surface area contributed by atoms with Crippen LogP contribution in [-0.4, -0.2) is 40.6 Å². The highest BCUT2D eigenvalue weighted by Crippen LogP contribution is 2.35. The Morgan fingerprint density at radius 1 is 1.21 bits per heavy atom. The molecule has 2 aliphatic rings. The number of piperidine rings is 1. The van der Waals surface area contributed by atoms with Gasteiger partial charge in [-0.3, -0.25) is 4.90 Å². The number of hydrogen-bond donors (Lipinski definition) is 1. The van der Waals surface area contributed by atoms with E-state index in [1.165, 1.54) is 17.9 Å². The zero-order chi connectivity index (χ0) is 13.3. The molecule has 0 bridgehead atoms. The fourth-order valence-electron chi connectivity index (χ4n) is 3.12. The third-order valence-electron chi connectivity index (χ3n) is 4.43. The van der Waals surface area contributed by atoms with Gasteiger partial charge in [0, 0.05) is 29.4 Å². The van der Waals surface area contributed by atoms with Crippen LogP contribution >= 0.6 is 27.7 Å². The molecule has 0 unspecified atom stereocenters. The minimum absolute atomic E-state index is 0.622. The first-order chi connectivity index (χ1) is 9.17. The monoisotopic (exact) mass is 341 g/mol. The molecule has 4 heteroatoms. The zero-order valence-electron chi connectivity index (χ0n) is 11.0. The van der Waals surface area contributed by atoms with Crippen LogP contribution in [0.2, 0.25) is 0 Å². The zero-order valence-corrected chi connectivity index (χ0v) is 13.4. The van der Waals surface area contributed by atoms with Gasteiger partial charge in [-0.05, 0) is 42.7 Å². The van der Waals surface area contributed by atoms with Crippen molar-refractivity contribution in [1.82, 2.24) is 4.90 Å². The molecule has 2 aliphatic heterocycles. The van der Waals surface area contributed by atoms with Crippen molar-refractivity contribution in [3.05, 3.63) is 34.3 Å². The Hall–Kier alpha value is -0.0300. The summed E-state index contributed by atoms with van der Waals surface area (Å²) in [5, 5.41) is 10.8. The van der Waals surface area contributed by atoms with E-state index in [1.807, 2.05) is 24.3 Å². The van der Waals surface area contributed by atoms with Crippen molar-refractivity contribution in [3.63, 3.8) is 0 Å². The summed E-state index contributed by atoms with van der Waals surface area (Å²) in [6.45, 7) is 2.05. The van der Waals surface area contributed by atoms with Crippen LogP contribution in [0.5, 0.6) is 0 Å². The number of aliphatic hydroxyl groups is 1. The van der Waals surface area contributed by atoms with Gasteiger partial charge in [-0.2, -0.15) is 11.8 Å². The number of likely N-dealkylation sites (tertiary alicyclic amines) is 1. The second-order valence-electron chi connectivity index (χ2n) is 5.59. The van der Waals surface area contributed by atoms with Crippen LogP contribution in [-0.2, 0) is 5.60 Å². The smallest absolute Gasteiger partial charge is 0.0920 e. The van der Waals surface area contributed by atoms with E-state index in [-0.39, 0.29) is 0 Å². The van der Waals surface area contributed by atoms with Crippen LogP contribution in [0, 0.1) is 0 Å². The lowest BCUT2D eigenvalue weighted by Crippen LogP contribution is -2.47. The van der Waals surface area contributed by atoms with E-state index in [4.69, 9.17) is 0 Å². The molecule has 0 aromatic heterocycles. The minimum atomic E-state index is -0.622. The number of benzene rings is 1. The van der Waals surface area contributed by atoms with Crippen LogP contribution in [0.25, 0.3) is 0 Å². The van der Waals surface area contributed by atoms with Gasteiger partial charge in [-0.15, -0.1) is 0 Å². The Kier molecular flexibility index (Phi) is 4.22. The van der Waals surface area contributed by atoms with Crippen molar-refractivity contribution in [3.8, 4) is 0 Å². The van der Waals surface area contributed by atoms with E-state index in [0.29, 0.717) is 0 Å². The first-order valence-corrected chi connectivity index (χ1v) is 8.92. The van der Waals surface area contributed by atoms with E-state index >= 15 is 0 Å². The lowest BCUT2D eigenvalue weighted by atomic mass is 9.84. The van der Waals surface area contributed by atoms with E-state index < -0.39 is 5.60 Å². The molecule has 2 nitrogen and oxygen atoms in total. The molecule has 1 aromatic rings. The van der Waals surface area contributed by atoms with Crippen LogP contribution in [0.1, 0.15) is 24.8 Å². The number of halogens is 1. The van der Waals surface area contributed by atoms with Gasteiger partial charge in [0.25, 0.3) is 0 Å². The topological polar surface area (TPSA) is 23.5 Å². The molecular weight excluding hydrogens is 322 g/mol. The summed E-state index contributed by atoms with van der Waals surface area (Å²) in [6, 6.07) is 8.89. The van der Waals surface area contributed by atoms with E-state index in [9.17, 15) is 5.11 Å². The molecule has 2 fully saturated rings. The van der Waals surface area contributed by atoms with Crippen molar-refractivity contribution in [2.24, 2.45) is 0 Å². The number of nitrogens with zero attached hydrogens (tertiary/aromatic N) is 1.